The second-order valence-corrected chi connectivity index (χ2v) is 4.28. The van der Waals surface area contributed by atoms with Crippen molar-refractivity contribution in [3.8, 4) is 6.07 Å². The van der Waals surface area contributed by atoms with Crippen molar-refractivity contribution in [2.75, 3.05) is 13.2 Å². The van der Waals surface area contributed by atoms with E-state index in [0.29, 0.717) is 24.9 Å². The Kier molecular flexibility index (Phi) is 4.48. The van der Waals surface area contributed by atoms with E-state index in [0.717, 1.165) is 12.1 Å². The maximum atomic E-state index is 8.89. The van der Waals surface area contributed by atoms with Crippen molar-refractivity contribution in [1.29, 1.82) is 5.26 Å². The van der Waals surface area contributed by atoms with Gasteiger partial charge < -0.3 is 10.1 Å². The molecular formula is C13H17N3O. The van der Waals surface area contributed by atoms with Crippen LogP contribution in [0.5, 0.6) is 0 Å². The Morgan fingerprint density at radius 2 is 2.47 bits per heavy atom. The first kappa shape index (κ1) is 12.0. The number of piperidine rings is 1. The minimum atomic E-state index is 0.462. The van der Waals surface area contributed by atoms with Crippen LogP contribution in [-0.2, 0) is 11.3 Å². The fourth-order valence-corrected chi connectivity index (χ4v) is 2.03. The molecule has 1 unspecified atom stereocenters. The molecule has 0 radical (unpaired) electrons. The molecule has 17 heavy (non-hydrogen) atoms. The normalized spacial score (nSPS) is 19.8. The Bertz CT molecular complexity index is 394. The molecule has 1 atom stereocenters. The average Bonchev–Trinajstić information content (AvgIpc) is 2.40. The molecule has 1 aromatic heterocycles. The van der Waals surface area contributed by atoms with Crippen molar-refractivity contribution in [2.24, 2.45) is 0 Å². The van der Waals surface area contributed by atoms with Gasteiger partial charge in [0.05, 0.1) is 13.2 Å². The van der Waals surface area contributed by atoms with Crippen molar-refractivity contribution in [1.82, 2.24) is 10.3 Å². The van der Waals surface area contributed by atoms with Gasteiger partial charge in [-0.1, -0.05) is 12.5 Å². The Balaban J connectivity index is 1.79. The van der Waals surface area contributed by atoms with Crippen molar-refractivity contribution in [3.05, 3.63) is 29.6 Å². The van der Waals surface area contributed by atoms with Gasteiger partial charge in [0, 0.05) is 17.8 Å². The lowest BCUT2D eigenvalue weighted by atomic mass is 10.1. The predicted molar refractivity (Wildman–Crippen MR) is 64.2 cm³/mol. The van der Waals surface area contributed by atoms with Crippen molar-refractivity contribution in [3.63, 3.8) is 0 Å². The fraction of sp³-hybridized carbons (Fsp3) is 0.538. The number of hydrogen-bond donors (Lipinski definition) is 1. The summed E-state index contributed by atoms with van der Waals surface area (Å²) in [5.74, 6) is 0. The number of hydrogen-bond acceptors (Lipinski definition) is 4. The summed E-state index contributed by atoms with van der Waals surface area (Å²) in [4.78, 5) is 4.01. The summed E-state index contributed by atoms with van der Waals surface area (Å²) in [7, 11) is 0. The summed E-state index contributed by atoms with van der Waals surface area (Å²) in [6.07, 6.45) is 5.35. The van der Waals surface area contributed by atoms with E-state index in [2.05, 4.69) is 16.4 Å². The van der Waals surface area contributed by atoms with Crippen LogP contribution in [0.2, 0.25) is 0 Å². The zero-order valence-corrected chi connectivity index (χ0v) is 9.85. The van der Waals surface area contributed by atoms with Gasteiger partial charge >= 0.3 is 0 Å². The standard InChI is InChI=1S/C13H17N3O/c14-8-13-11(4-3-7-16-13)9-17-10-12-5-1-2-6-15-12/h3-4,7,12,15H,1-2,5-6,9-10H2. The zero-order valence-electron chi connectivity index (χ0n) is 9.85. The number of ether oxygens (including phenoxy) is 1. The lowest BCUT2D eigenvalue weighted by molar-refractivity contribution is 0.0908. The van der Waals surface area contributed by atoms with E-state index in [4.69, 9.17) is 10.00 Å². The fourth-order valence-electron chi connectivity index (χ4n) is 2.03. The molecular weight excluding hydrogens is 214 g/mol. The number of nitriles is 1. The Hall–Kier alpha value is -1.44. The van der Waals surface area contributed by atoms with Gasteiger partial charge in [-0.25, -0.2) is 4.98 Å². The Morgan fingerprint density at radius 1 is 1.53 bits per heavy atom. The largest absolute Gasteiger partial charge is 0.375 e. The summed E-state index contributed by atoms with van der Waals surface area (Å²) in [6, 6.07) is 6.26. The number of aromatic nitrogens is 1. The number of pyridine rings is 1. The maximum absolute atomic E-state index is 8.89. The lowest BCUT2D eigenvalue weighted by Crippen LogP contribution is -2.37. The third-order valence-corrected chi connectivity index (χ3v) is 2.99. The highest BCUT2D eigenvalue weighted by Gasteiger charge is 2.12. The van der Waals surface area contributed by atoms with Gasteiger partial charge in [0.2, 0.25) is 0 Å². The molecule has 2 rings (SSSR count). The number of nitrogens with one attached hydrogen (secondary N) is 1. The molecule has 1 saturated heterocycles. The van der Waals surface area contributed by atoms with Gasteiger partial charge in [-0.05, 0) is 25.5 Å². The average molecular weight is 231 g/mol. The summed E-state index contributed by atoms with van der Waals surface area (Å²) in [5, 5.41) is 12.3. The SMILES string of the molecule is N#Cc1ncccc1COCC1CCCCN1. The molecule has 90 valence electrons. The topological polar surface area (TPSA) is 57.9 Å². The van der Waals surface area contributed by atoms with E-state index in [1.165, 1.54) is 19.3 Å². The van der Waals surface area contributed by atoms with Crippen LogP contribution in [0.3, 0.4) is 0 Å². The Morgan fingerprint density at radius 3 is 3.24 bits per heavy atom. The molecule has 1 fully saturated rings. The lowest BCUT2D eigenvalue weighted by Gasteiger charge is -2.23. The maximum Gasteiger partial charge on any atom is 0.145 e. The molecule has 0 amide bonds. The van der Waals surface area contributed by atoms with Crippen molar-refractivity contribution in [2.45, 2.75) is 31.9 Å². The van der Waals surface area contributed by atoms with Gasteiger partial charge in [-0.15, -0.1) is 0 Å². The summed E-state index contributed by atoms with van der Waals surface area (Å²) >= 11 is 0. The quantitative estimate of drug-likeness (QED) is 0.855. The summed E-state index contributed by atoms with van der Waals surface area (Å²) in [5.41, 5.74) is 1.33. The third kappa shape index (κ3) is 3.52. The van der Waals surface area contributed by atoms with Gasteiger partial charge in [-0.2, -0.15) is 5.26 Å². The van der Waals surface area contributed by atoms with E-state index in [-0.39, 0.29) is 0 Å². The van der Waals surface area contributed by atoms with Crippen molar-refractivity contribution < 1.29 is 4.74 Å². The van der Waals surface area contributed by atoms with E-state index in [9.17, 15) is 0 Å². The van der Waals surface area contributed by atoms with E-state index in [1.54, 1.807) is 6.20 Å². The first-order valence-corrected chi connectivity index (χ1v) is 6.05. The molecule has 4 heteroatoms. The second-order valence-electron chi connectivity index (χ2n) is 4.28. The molecule has 0 bridgehead atoms. The molecule has 0 aliphatic carbocycles. The molecule has 0 aromatic carbocycles. The van der Waals surface area contributed by atoms with Gasteiger partial charge in [0.25, 0.3) is 0 Å². The van der Waals surface area contributed by atoms with Crippen LogP contribution in [0, 0.1) is 11.3 Å². The first-order chi connectivity index (χ1) is 8.40. The Labute approximate surface area is 102 Å². The van der Waals surface area contributed by atoms with E-state index < -0.39 is 0 Å². The molecule has 0 spiro atoms. The van der Waals surface area contributed by atoms with Gasteiger partial charge in [-0.3, -0.25) is 0 Å². The highest BCUT2D eigenvalue weighted by Crippen LogP contribution is 2.09. The zero-order chi connectivity index (χ0) is 11.9. The highest BCUT2D eigenvalue weighted by molar-refractivity contribution is 5.29. The van der Waals surface area contributed by atoms with Crippen LogP contribution in [0.4, 0.5) is 0 Å². The van der Waals surface area contributed by atoms with E-state index in [1.807, 2.05) is 12.1 Å². The number of rotatable bonds is 4. The van der Waals surface area contributed by atoms with Gasteiger partial charge in [0.15, 0.2) is 0 Å². The van der Waals surface area contributed by atoms with Crippen LogP contribution in [0.15, 0.2) is 18.3 Å². The third-order valence-electron chi connectivity index (χ3n) is 2.99. The van der Waals surface area contributed by atoms with E-state index >= 15 is 0 Å². The molecule has 1 aliphatic rings. The van der Waals surface area contributed by atoms with Crippen LogP contribution in [0.25, 0.3) is 0 Å². The second kappa shape index (κ2) is 6.33. The van der Waals surface area contributed by atoms with Crippen LogP contribution >= 0.6 is 0 Å². The van der Waals surface area contributed by atoms with Crippen LogP contribution in [0.1, 0.15) is 30.5 Å². The summed E-state index contributed by atoms with van der Waals surface area (Å²) < 4.78 is 5.65. The molecule has 1 aliphatic heterocycles. The molecule has 1 N–H and O–H groups in total. The molecule has 2 heterocycles. The predicted octanol–water partition coefficient (Wildman–Crippen LogP) is 1.61. The number of nitrogens with zero attached hydrogens (tertiary/aromatic N) is 2. The highest BCUT2D eigenvalue weighted by atomic mass is 16.5. The van der Waals surface area contributed by atoms with Gasteiger partial charge in [0.1, 0.15) is 11.8 Å². The molecule has 4 nitrogen and oxygen atoms in total. The summed E-state index contributed by atoms with van der Waals surface area (Å²) in [6.45, 7) is 2.26. The monoisotopic (exact) mass is 231 g/mol. The van der Waals surface area contributed by atoms with Crippen molar-refractivity contribution >= 4 is 0 Å². The molecule has 1 aromatic rings. The minimum Gasteiger partial charge on any atom is -0.375 e. The van der Waals surface area contributed by atoms with Crippen LogP contribution < -0.4 is 5.32 Å². The first-order valence-electron chi connectivity index (χ1n) is 6.05. The molecule has 0 saturated carbocycles. The smallest absolute Gasteiger partial charge is 0.145 e. The minimum absolute atomic E-state index is 0.462. The van der Waals surface area contributed by atoms with Crippen LogP contribution in [-0.4, -0.2) is 24.2 Å².